The quantitative estimate of drug-likeness (QED) is 0.214. The molecule has 42 heavy (non-hydrogen) atoms. The van der Waals surface area contributed by atoms with Crippen molar-refractivity contribution >= 4 is 9.84 Å². The molecule has 0 aliphatic rings. The molecule has 0 fully saturated rings. The maximum Gasteiger partial charge on any atom is 0.420 e. The maximum absolute atomic E-state index is 13.8. The lowest BCUT2D eigenvalue weighted by Crippen LogP contribution is -2.20. The van der Waals surface area contributed by atoms with Crippen molar-refractivity contribution in [1.82, 2.24) is 19.6 Å². The van der Waals surface area contributed by atoms with E-state index in [1.807, 2.05) is 98.8 Å². The second kappa shape index (κ2) is 11.1. The second-order valence-corrected chi connectivity index (χ2v) is 11.9. The summed E-state index contributed by atoms with van der Waals surface area (Å²) in [5, 5.41) is 8.31. The van der Waals surface area contributed by atoms with Crippen LogP contribution in [0.4, 0.5) is 0 Å². The van der Waals surface area contributed by atoms with Crippen molar-refractivity contribution in [2.75, 3.05) is 0 Å². The summed E-state index contributed by atoms with van der Waals surface area (Å²) in [5.74, 6) is -0.0519. The summed E-state index contributed by atoms with van der Waals surface area (Å²) in [6.45, 7) is 4.21. The third-order valence-corrected chi connectivity index (χ3v) is 8.81. The molecule has 2 aromatic heterocycles. The van der Waals surface area contributed by atoms with Gasteiger partial charge in [-0.2, -0.15) is 0 Å². The first-order valence-corrected chi connectivity index (χ1v) is 15.0. The highest BCUT2D eigenvalue weighted by atomic mass is 32.2. The van der Waals surface area contributed by atoms with Crippen molar-refractivity contribution in [3.8, 4) is 33.8 Å². The van der Waals surface area contributed by atoms with Gasteiger partial charge in [0.15, 0.2) is 5.76 Å². The molecule has 6 aromatic rings. The number of sulfone groups is 1. The van der Waals surface area contributed by atoms with E-state index in [1.54, 1.807) is 33.5 Å². The molecule has 0 unspecified atom stereocenters. The maximum atomic E-state index is 13.8. The lowest BCUT2D eigenvalue weighted by atomic mass is 10.1. The molecule has 0 aliphatic heterocycles. The Morgan fingerprint density at radius 1 is 0.667 bits per heavy atom. The van der Waals surface area contributed by atoms with E-state index >= 15 is 0 Å². The molecule has 4 aromatic carbocycles. The molecular formula is C33H28N4O4S. The number of benzene rings is 4. The van der Waals surface area contributed by atoms with Crippen molar-refractivity contribution in [2.24, 2.45) is 0 Å². The topological polar surface area (TPSA) is 100.0 Å². The normalized spacial score (nSPS) is 11.6. The van der Waals surface area contributed by atoms with Crippen molar-refractivity contribution in [2.45, 2.75) is 36.9 Å². The van der Waals surface area contributed by atoms with E-state index in [0.717, 1.165) is 22.3 Å². The summed E-state index contributed by atoms with van der Waals surface area (Å²) < 4.78 is 36.4. The first-order chi connectivity index (χ1) is 20.3. The molecular weight excluding hydrogens is 548 g/mol. The lowest BCUT2D eigenvalue weighted by molar-refractivity contribution is 0.457. The van der Waals surface area contributed by atoms with E-state index in [9.17, 15) is 13.2 Å². The number of rotatable bonds is 8. The zero-order valence-electron chi connectivity index (χ0n) is 23.1. The van der Waals surface area contributed by atoms with E-state index in [0.29, 0.717) is 22.7 Å². The molecule has 0 saturated carbocycles. The van der Waals surface area contributed by atoms with Gasteiger partial charge in [0.25, 0.3) is 0 Å². The fraction of sp³-hybridized carbons (Fsp3) is 0.121. The van der Waals surface area contributed by atoms with Gasteiger partial charge in [0.1, 0.15) is 5.69 Å². The van der Waals surface area contributed by atoms with Gasteiger partial charge in [0, 0.05) is 23.2 Å². The minimum Gasteiger partial charge on any atom is -0.407 e. The van der Waals surface area contributed by atoms with Crippen molar-refractivity contribution in [3.63, 3.8) is 0 Å². The van der Waals surface area contributed by atoms with Crippen LogP contribution in [0.1, 0.15) is 11.1 Å². The molecule has 0 bridgehead atoms. The summed E-state index contributed by atoms with van der Waals surface area (Å²) in [6.07, 6.45) is 0. The molecule has 9 heteroatoms. The number of oxazole rings is 1. The highest BCUT2D eigenvalue weighted by Crippen LogP contribution is 2.33. The first kappa shape index (κ1) is 27.2. The van der Waals surface area contributed by atoms with Gasteiger partial charge in [-0.3, -0.25) is 4.57 Å². The molecule has 0 saturated heterocycles. The Morgan fingerprint density at radius 2 is 1.21 bits per heavy atom. The minimum atomic E-state index is -3.98. The summed E-state index contributed by atoms with van der Waals surface area (Å²) in [6, 6.07) is 33.2. The third-order valence-electron chi connectivity index (χ3n) is 7.13. The van der Waals surface area contributed by atoms with Crippen molar-refractivity contribution in [3.05, 3.63) is 131 Å². The van der Waals surface area contributed by atoms with E-state index in [2.05, 4.69) is 10.3 Å². The molecule has 0 N–H and O–H groups in total. The van der Waals surface area contributed by atoms with Crippen LogP contribution in [0, 0.1) is 13.8 Å². The molecule has 0 aliphatic carbocycles. The van der Waals surface area contributed by atoms with Crippen LogP contribution < -0.4 is 5.76 Å². The molecule has 210 valence electrons. The number of hydrogen-bond donors (Lipinski definition) is 0. The third kappa shape index (κ3) is 5.10. The van der Waals surface area contributed by atoms with Crippen LogP contribution in [0.15, 0.2) is 128 Å². The average Bonchev–Trinajstić information content (AvgIpc) is 3.59. The highest BCUT2D eigenvalue weighted by Gasteiger charge is 2.29. The zero-order valence-corrected chi connectivity index (χ0v) is 24.0. The highest BCUT2D eigenvalue weighted by molar-refractivity contribution is 7.91. The Labute approximate surface area is 243 Å². The molecule has 8 nitrogen and oxygen atoms in total. The Kier molecular flexibility index (Phi) is 7.18. The van der Waals surface area contributed by atoms with Crippen LogP contribution >= 0.6 is 0 Å². The average molecular weight is 577 g/mol. The molecule has 6 rings (SSSR count). The monoisotopic (exact) mass is 576 g/mol. The molecule has 0 spiro atoms. The van der Waals surface area contributed by atoms with E-state index in [-0.39, 0.29) is 23.0 Å². The van der Waals surface area contributed by atoms with Crippen molar-refractivity contribution < 1.29 is 12.8 Å². The lowest BCUT2D eigenvalue weighted by Gasteiger charge is -2.12. The molecule has 0 atom stereocenters. The van der Waals surface area contributed by atoms with Crippen LogP contribution in [0.25, 0.3) is 33.8 Å². The van der Waals surface area contributed by atoms with Gasteiger partial charge in [-0.05, 0) is 26.0 Å². The van der Waals surface area contributed by atoms with Crippen LogP contribution in [0.3, 0.4) is 0 Å². The van der Waals surface area contributed by atoms with Crippen LogP contribution in [0.2, 0.25) is 0 Å². The van der Waals surface area contributed by atoms with Gasteiger partial charge < -0.3 is 4.42 Å². The Morgan fingerprint density at radius 3 is 1.83 bits per heavy atom. The number of aromatic nitrogens is 4. The van der Waals surface area contributed by atoms with Gasteiger partial charge in [-0.15, -0.1) is 5.10 Å². The predicted molar refractivity (Wildman–Crippen MR) is 161 cm³/mol. The van der Waals surface area contributed by atoms with Gasteiger partial charge in [-0.25, -0.2) is 17.9 Å². The van der Waals surface area contributed by atoms with Crippen LogP contribution in [-0.2, 0) is 22.9 Å². The summed E-state index contributed by atoms with van der Waals surface area (Å²) >= 11 is 0. The molecule has 0 radical (unpaired) electrons. The van der Waals surface area contributed by atoms with E-state index < -0.39 is 15.6 Å². The van der Waals surface area contributed by atoms with Crippen LogP contribution in [0.5, 0.6) is 0 Å². The summed E-state index contributed by atoms with van der Waals surface area (Å²) in [4.78, 5) is 13.4. The minimum absolute atomic E-state index is 0.136. The first-order valence-electron chi connectivity index (χ1n) is 13.5. The zero-order chi connectivity index (χ0) is 29.3. The SMILES string of the molecule is Cc1ccc(-c2c(S(=O)(=O)c3ccc(C)cc3)nnn2CCn2c(-c3ccccc3)c(-c3ccccc3)oc2=O)cc1. The van der Waals surface area contributed by atoms with Crippen LogP contribution in [-0.4, -0.2) is 28.0 Å². The second-order valence-electron chi connectivity index (χ2n) is 10.1. The molecule has 0 amide bonds. The summed E-state index contributed by atoms with van der Waals surface area (Å²) in [7, 11) is -3.98. The van der Waals surface area contributed by atoms with Gasteiger partial charge in [-0.1, -0.05) is 113 Å². The summed E-state index contributed by atoms with van der Waals surface area (Å²) in [5.41, 5.74) is 5.23. The largest absolute Gasteiger partial charge is 0.420 e. The van der Waals surface area contributed by atoms with E-state index in [1.165, 1.54) is 0 Å². The number of nitrogens with zero attached hydrogens (tertiary/aromatic N) is 4. The number of aryl methyl sites for hydroxylation is 3. The Hall–Kier alpha value is -5.02. The van der Waals surface area contributed by atoms with E-state index in [4.69, 9.17) is 4.42 Å². The fourth-order valence-corrected chi connectivity index (χ4v) is 6.26. The Balaban J connectivity index is 1.45. The fourth-order valence-electron chi connectivity index (χ4n) is 4.92. The molecule has 2 heterocycles. The van der Waals surface area contributed by atoms with Gasteiger partial charge in [0.05, 0.1) is 17.1 Å². The van der Waals surface area contributed by atoms with Gasteiger partial charge >= 0.3 is 5.76 Å². The standard InChI is InChI=1S/C33H28N4O4S/c1-23-13-17-26(18-14-23)30-32(42(39,40)28-19-15-24(2)16-20-28)34-35-37(30)22-21-36-29(25-9-5-3-6-10-25)31(41-33(36)38)27-11-7-4-8-12-27/h3-20H,21-22H2,1-2H3. The number of hydrogen-bond acceptors (Lipinski definition) is 6. The Bertz CT molecular complexity index is 2010. The van der Waals surface area contributed by atoms with Crippen molar-refractivity contribution in [1.29, 1.82) is 0 Å². The smallest absolute Gasteiger partial charge is 0.407 e. The van der Waals surface area contributed by atoms with Gasteiger partial charge in [0.2, 0.25) is 14.9 Å². The predicted octanol–water partition coefficient (Wildman–Crippen LogP) is 6.18.